The summed E-state index contributed by atoms with van der Waals surface area (Å²) in [6, 6.07) is 2.36. The van der Waals surface area contributed by atoms with E-state index in [0.717, 1.165) is 26.0 Å². The molecule has 1 amide bonds. The minimum absolute atomic E-state index is 0.455. The van der Waals surface area contributed by atoms with Crippen LogP contribution in [0.1, 0.15) is 55.8 Å². The number of nitrogens with zero attached hydrogens (tertiary/aromatic N) is 3. The molecule has 4 rings (SSSR count). The third-order valence-corrected chi connectivity index (χ3v) is 5.63. The maximum absolute atomic E-state index is 10.7. The van der Waals surface area contributed by atoms with Crippen LogP contribution in [0, 0.1) is 5.41 Å². The van der Waals surface area contributed by atoms with Crippen LogP contribution in [0.4, 0.5) is 0 Å². The predicted molar refractivity (Wildman–Crippen MR) is 76.4 cm³/mol. The van der Waals surface area contributed by atoms with Crippen LogP contribution in [0.3, 0.4) is 0 Å². The average Bonchev–Trinajstić information content (AvgIpc) is 2.88. The van der Waals surface area contributed by atoms with Gasteiger partial charge in [0.2, 0.25) is 6.41 Å². The van der Waals surface area contributed by atoms with Crippen LogP contribution in [-0.2, 0) is 17.8 Å². The van der Waals surface area contributed by atoms with Gasteiger partial charge in [-0.2, -0.15) is 5.10 Å². The lowest BCUT2D eigenvalue weighted by molar-refractivity contribution is -0.131. The highest BCUT2D eigenvalue weighted by Gasteiger charge is 2.45. The van der Waals surface area contributed by atoms with Gasteiger partial charge in [-0.25, -0.2) is 0 Å². The number of carbonyl (C=O) groups is 1. The lowest BCUT2D eigenvalue weighted by Crippen LogP contribution is -2.56. The second-order valence-electron chi connectivity index (χ2n) is 7.03. The molecule has 1 saturated carbocycles. The molecule has 2 aliphatic heterocycles. The standard InChI is InChI=1S/C16H23N3O/c20-12-18-10-16(11-18)6-4-13(5-7-16)15-9-14-3-1-2-8-19(14)17-15/h9,12-13H,1-8,10-11H2. The van der Waals surface area contributed by atoms with Gasteiger partial charge in [0, 0.05) is 36.7 Å². The molecule has 3 heterocycles. The highest BCUT2D eigenvalue weighted by Crippen LogP contribution is 2.47. The summed E-state index contributed by atoms with van der Waals surface area (Å²) in [5.74, 6) is 0.656. The van der Waals surface area contributed by atoms with Crippen molar-refractivity contribution in [2.75, 3.05) is 13.1 Å². The largest absolute Gasteiger partial charge is 0.344 e. The summed E-state index contributed by atoms with van der Waals surface area (Å²) in [4.78, 5) is 12.6. The number of aryl methyl sites for hydroxylation is 2. The van der Waals surface area contributed by atoms with Gasteiger partial charge in [0.1, 0.15) is 0 Å². The summed E-state index contributed by atoms with van der Waals surface area (Å²) >= 11 is 0. The third-order valence-electron chi connectivity index (χ3n) is 5.63. The number of hydrogen-bond acceptors (Lipinski definition) is 2. The fourth-order valence-corrected chi connectivity index (χ4v) is 4.37. The predicted octanol–water partition coefficient (Wildman–Crippen LogP) is 2.34. The number of hydrogen-bond donors (Lipinski definition) is 0. The topological polar surface area (TPSA) is 38.1 Å². The maximum atomic E-state index is 10.7. The molecular weight excluding hydrogens is 250 g/mol. The van der Waals surface area contributed by atoms with Crippen molar-refractivity contribution < 1.29 is 4.79 Å². The minimum atomic E-state index is 0.455. The van der Waals surface area contributed by atoms with E-state index in [4.69, 9.17) is 5.10 Å². The first-order chi connectivity index (χ1) is 9.78. The van der Waals surface area contributed by atoms with Crippen molar-refractivity contribution in [3.8, 4) is 0 Å². The smallest absolute Gasteiger partial charge is 0.209 e. The molecule has 108 valence electrons. The molecule has 4 nitrogen and oxygen atoms in total. The van der Waals surface area contributed by atoms with Crippen molar-refractivity contribution in [2.24, 2.45) is 5.41 Å². The first kappa shape index (κ1) is 12.4. The van der Waals surface area contributed by atoms with E-state index in [1.54, 1.807) is 0 Å². The van der Waals surface area contributed by atoms with E-state index >= 15 is 0 Å². The monoisotopic (exact) mass is 273 g/mol. The molecule has 0 bridgehead atoms. The van der Waals surface area contributed by atoms with E-state index < -0.39 is 0 Å². The summed E-state index contributed by atoms with van der Waals surface area (Å²) in [5.41, 5.74) is 3.24. The van der Waals surface area contributed by atoms with Gasteiger partial charge in [-0.05, 0) is 51.0 Å². The van der Waals surface area contributed by atoms with E-state index in [1.165, 1.54) is 56.3 Å². The first-order valence-corrected chi connectivity index (χ1v) is 8.04. The first-order valence-electron chi connectivity index (χ1n) is 8.04. The lowest BCUT2D eigenvalue weighted by Gasteiger charge is -2.52. The van der Waals surface area contributed by atoms with Crippen LogP contribution in [-0.4, -0.2) is 34.2 Å². The third kappa shape index (κ3) is 1.97. The number of aromatic nitrogens is 2. The zero-order valence-corrected chi connectivity index (χ0v) is 12.1. The number of amides is 1. The van der Waals surface area contributed by atoms with Crippen LogP contribution < -0.4 is 0 Å². The molecule has 0 atom stereocenters. The summed E-state index contributed by atoms with van der Waals surface area (Å²) in [6.45, 7) is 3.09. The molecule has 20 heavy (non-hydrogen) atoms. The second-order valence-corrected chi connectivity index (χ2v) is 7.03. The molecule has 1 saturated heterocycles. The zero-order chi connectivity index (χ0) is 13.6. The number of carbonyl (C=O) groups excluding carboxylic acids is 1. The molecule has 1 aliphatic carbocycles. The fraction of sp³-hybridized carbons (Fsp3) is 0.750. The molecule has 0 aromatic carbocycles. The Morgan fingerprint density at radius 3 is 2.75 bits per heavy atom. The van der Waals surface area contributed by atoms with Gasteiger partial charge in [0.05, 0.1) is 5.69 Å². The van der Waals surface area contributed by atoms with Gasteiger partial charge in [-0.15, -0.1) is 0 Å². The van der Waals surface area contributed by atoms with E-state index in [2.05, 4.69) is 10.7 Å². The Morgan fingerprint density at radius 1 is 1.25 bits per heavy atom. The van der Waals surface area contributed by atoms with Gasteiger partial charge in [-0.1, -0.05) is 0 Å². The number of fused-ring (bicyclic) bond motifs is 1. The number of likely N-dealkylation sites (tertiary alicyclic amines) is 1. The van der Waals surface area contributed by atoms with E-state index in [-0.39, 0.29) is 0 Å². The van der Waals surface area contributed by atoms with Crippen LogP contribution in [0.25, 0.3) is 0 Å². The summed E-state index contributed by atoms with van der Waals surface area (Å²) in [7, 11) is 0. The zero-order valence-electron chi connectivity index (χ0n) is 12.1. The van der Waals surface area contributed by atoms with Crippen LogP contribution >= 0.6 is 0 Å². The molecule has 1 aromatic rings. The fourth-order valence-electron chi connectivity index (χ4n) is 4.37. The van der Waals surface area contributed by atoms with Crippen molar-refractivity contribution in [1.29, 1.82) is 0 Å². The van der Waals surface area contributed by atoms with Gasteiger partial charge >= 0.3 is 0 Å². The van der Waals surface area contributed by atoms with Crippen molar-refractivity contribution in [1.82, 2.24) is 14.7 Å². The Kier molecular flexibility index (Phi) is 2.86. The summed E-state index contributed by atoms with van der Waals surface area (Å²) in [5, 5.41) is 4.85. The van der Waals surface area contributed by atoms with Gasteiger partial charge < -0.3 is 4.90 Å². The molecule has 0 radical (unpaired) electrons. The molecule has 3 aliphatic rings. The second kappa shape index (κ2) is 4.61. The average molecular weight is 273 g/mol. The molecule has 4 heteroatoms. The molecule has 1 aromatic heterocycles. The van der Waals surface area contributed by atoms with E-state index in [9.17, 15) is 4.79 Å². The number of rotatable bonds is 2. The van der Waals surface area contributed by atoms with Crippen molar-refractivity contribution >= 4 is 6.41 Å². The van der Waals surface area contributed by atoms with Crippen LogP contribution in [0.2, 0.25) is 0 Å². The molecule has 2 fully saturated rings. The normalized spacial score (nSPS) is 25.3. The highest BCUT2D eigenvalue weighted by molar-refractivity contribution is 5.49. The van der Waals surface area contributed by atoms with Crippen LogP contribution in [0.15, 0.2) is 6.07 Å². The Morgan fingerprint density at radius 2 is 2.05 bits per heavy atom. The van der Waals surface area contributed by atoms with E-state index in [0.29, 0.717) is 11.3 Å². The molecular formula is C16H23N3O. The van der Waals surface area contributed by atoms with Gasteiger partial charge in [0.25, 0.3) is 0 Å². The minimum Gasteiger partial charge on any atom is -0.344 e. The van der Waals surface area contributed by atoms with Crippen molar-refractivity contribution in [3.63, 3.8) is 0 Å². The van der Waals surface area contributed by atoms with Gasteiger partial charge in [0.15, 0.2) is 0 Å². The maximum Gasteiger partial charge on any atom is 0.209 e. The van der Waals surface area contributed by atoms with E-state index in [1.807, 2.05) is 4.90 Å². The van der Waals surface area contributed by atoms with Crippen molar-refractivity contribution in [3.05, 3.63) is 17.5 Å². The molecule has 1 spiro atoms. The Bertz CT molecular complexity index is 482. The molecule has 0 unspecified atom stereocenters. The van der Waals surface area contributed by atoms with Gasteiger partial charge in [-0.3, -0.25) is 9.48 Å². The SMILES string of the molecule is O=CN1CC2(CCC(c3cc4n(n3)CCCC4)CC2)C1. The van der Waals surface area contributed by atoms with Crippen molar-refractivity contribution in [2.45, 2.75) is 57.4 Å². The van der Waals surface area contributed by atoms with Crippen LogP contribution in [0.5, 0.6) is 0 Å². The Hall–Kier alpha value is -1.32. The highest BCUT2D eigenvalue weighted by atomic mass is 16.1. The quantitative estimate of drug-likeness (QED) is 0.776. The summed E-state index contributed by atoms with van der Waals surface area (Å²) < 4.78 is 2.24. The Balaban J connectivity index is 1.42. The Labute approximate surface area is 120 Å². The lowest BCUT2D eigenvalue weighted by atomic mass is 9.65. The summed E-state index contributed by atoms with van der Waals surface area (Å²) in [6.07, 6.45) is 9.85. The molecule has 0 N–H and O–H groups in total.